The van der Waals surface area contributed by atoms with E-state index in [0.717, 1.165) is 24.2 Å². The minimum absolute atomic E-state index is 0.160. The van der Waals surface area contributed by atoms with Gasteiger partial charge in [-0.1, -0.05) is 12.1 Å². The van der Waals surface area contributed by atoms with Gasteiger partial charge in [-0.05, 0) is 80.2 Å². The maximum absolute atomic E-state index is 13.6. The molecule has 0 unspecified atom stereocenters. The largest absolute Gasteiger partial charge is 0.352 e. The predicted molar refractivity (Wildman–Crippen MR) is 84.0 cm³/mol. The first kappa shape index (κ1) is 14.2. The lowest BCUT2D eigenvalue weighted by molar-refractivity contribution is -0.0564. The van der Waals surface area contributed by atoms with Crippen molar-refractivity contribution in [3.05, 3.63) is 35.6 Å². The summed E-state index contributed by atoms with van der Waals surface area (Å²) >= 11 is 0. The third-order valence-electron chi connectivity index (χ3n) is 6.22. The Balaban J connectivity index is 1.36. The van der Waals surface area contributed by atoms with Gasteiger partial charge in [0.25, 0.3) is 5.91 Å². The van der Waals surface area contributed by atoms with Gasteiger partial charge in [-0.15, -0.1) is 0 Å². The molecule has 4 aliphatic carbocycles. The van der Waals surface area contributed by atoms with E-state index < -0.39 is 5.82 Å². The summed E-state index contributed by atoms with van der Waals surface area (Å²) in [5, 5.41) is 2.94. The third kappa shape index (κ3) is 2.55. The molecule has 5 rings (SSSR count). The number of hydrogen-bond donors (Lipinski definition) is 1. The summed E-state index contributed by atoms with van der Waals surface area (Å²) in [7, 11) is 0. The van der Waals surface area contributed by atoms with Gasteiger partial charge in [-0.3, -0.25) is 4.79 Å². The number of amides is 1. The molecule has 0 radical (unpaired) electrons. The van der Waals surface area contributed by atoms with E-state index in [1.165, 1.54) is 44.6 Å². The Bertz CT molecular complexity index is 547. The van der Waals surface area contributed by atoms with Crippen molar-refractivity contribution in [3.8, 4) is 0 Å². The molecular formula is C19H24FNO. The summed E-state index contributed by atoms with van der Waals surface area (Å²) in [6, 6.07) is 6.21. The summed E-state index contributed by atoms with van der Waals surface area (Å²) in [5.74, 6) is 2.10. The van der Waals surface area contributed by atoms with Crippen molar-refractivity contribution in [3.63, 3.8) is 0 Å². The second-order valence-electron chi connectivity index (χ2n) is 7.90. The van der Waals surface area contributed by atoms with E-state index in [9.17, 15) is 9.18 Å². The van der Waals surface area contributed by atoms with E-state index in [2.05, 4.69) is 5.32 Å². The Hall–Kier alpha value is -1.38. The van der Waals surface area contributed by atoms with Gasteiger partial charge >= 0.3 is 0 Å². The molecule has 0 saturated heterocycles. The van der Waals surface area contributed by atoms with E-state index in [1.54, 1.807) is 18.2 Å². The SMILES string of the molecule is O=C(NCCC12CC3CC(CC(C3)C1)C2)c1ccccc1F. The van der Waals surface area contributed by atoms with Gasteiger partial charge in [0.1, 0.15) is 5.82 Å². The van der Waals surface area contributed by atoms with Crippen LogP contribution in [0.4, 0.5) is 4.39 Å². The first-order chi connectivity index (χ1) is 10.6. The van der Waals surface area contributed by atoms with Crippen molar-refractivity contribution in [1.82, 2.24) is 5.32 Å². The number of rotatable bonds is 4. The van der Waals surface area contributed by atoms with Gasteiger partial charge in [0.2, 0.25) is 0 Å². The molecular weight excluding hydrogens is 277 g/mol. The fourth-order valence-corrected chi connectivity index (χ4v) is 5.78. The van der Waals surface area contributed by atoms with E-state index in [-0.39, 0.29) is 11.5 Å². The van der Waals surface area contributed by atoms with Crippen LogP contribution >= 0.6 is 0 Å². The molecule has 0 aliphatic heterocycles. The Labute approximate surface area is 131 Å². The summed E-state index contributed by atoms with van der Waals surface area (Å²) in [6.45, 7) is 0.680. The van der Waals surface area contributed by atoms with Crippen molar-refractivity contribution in [1.29, 1.82) is 0 Å². The highest BCUT2D eigenvalue weighted by atomic mass is 19.1. The van der Waals surface area contributed by atoms with Gasteiger partial charge in [0.05, 0.1) is 5.56 Å². The van der Waals surface area contributed by atoms with Gasteiger partial charge in [0, 0.05) is 6.54 Å². The highest BCUT2D eigenvalue weighted by molar-refractivity contribution is 5.94. The Morgan fingerprint density at radius 3 is 2.27 bits per heavy atom. The van der Waals surface area contributed by atoms with Gasteiger partial charge in [-0.2, -0.15) is 0 Å². The highest BCUT2D eigenvalue weighted by Crippen LogP contribution is 2.61. The molecule has 0 spiro atoms. The number of halogens is 1. The topological polar surface area (TPSA) is 29.1 Å². The molecule has 1 aromatic rings. The average Bonchev–Trinajstić information content (AvgIpc) is 2.46. The number of benzene rings is 1. The summed E-state index contributed by atoms with van der Waals surface area (Å²) in [5.41, 5.74) is 0.630. The number of hydrogen-bond acceptors (Lipinski definition) is 1. The minimum Gasteiger partial charge on any atom is -0.352 e. The van der Waals surface area contributed by atoms with Crippen LogP contribution in [0.1, 0.15) is 55.3 Å². The first-order valence-electron chi connectivity index (χ1n) is 8.66. The number of carbonyl (C=O) groups excluding carboxylic acids is 1. The maximum atomic E-state index is 13.6. The number of carbonyl (C=O) groups is 1. The molecule has 0 aromatic heterocycles. The van der Waals surface area contributed by atoms with E-state index in [0.29, 0.717) is 12.0 Å². The third-order valence-corrected chi connectivity index (χ3v) is 6.22. The minimum atomic E-state index is -0.435. The van der Waals surface area contributed by atoms with Gasteiger partial charge in [-0.25, -0.2) is 4.39 Å². The molecule has 3 heteroatoms. The normalized spacial score (nSPS) is 35.6. The molecule has 4 bridgehead atoms. The molecule has 22 heavy (non-hydrogen) atoms. The lowest BCUT2D eigenvalue weighted by Gasteiger charge is -2.57. The lowest BCUT2D eigenvalue weighted by Crippen LogP contribution is -2.47. The molecule has 1 amide bonds. The average molecular weight is 301 g/mol. The highest BCUT2D eigenvalue weighted by Gasteiger charge is 2.50. The van der Waals surface area contributed by atoms with E-state index in [1.807, 2.05) is 0 Å². The quantitative estimate of drug-likeness (QED) is 0.889. The molecule has 0 atom stereocenters. The standard InChI is InChI=1S/C19H24FNO/c20-17-4-2-1-3-16(17)18(22)21-6-5-19-10-13-7-14(11-19)9-15(8-13)12-19/h1-4,13-15H,5-12H2,(H,21,22). The van der Waals surface area contributed by atoms with E-state index in [4.69, 9.17) is 0 Å². The van der Waals surface area contributed by atoms with Crippen LogP contribution in [-0.2, 0) is 0 Å². The van der Waals surface area contributed by atoms with Crippen molar-refractivity contribution in [2.45, 2.75) is 44.9 Å². The zero-order valence-corrected chi connectivity index (χ0v) is 13.0. The number of nitrogens with one attached hydrogen (secondary N) is 1. The summed E-state index contributed by atoms with van der Waals surface area (Å²) in [6.07, 6.45) is 9.47. The molecule has 118 valence electrons. The Morgan fingerprint density at radius 2 is 1.68 bits per heavy atom. The van der Waals surface area contributed by atoms with Crippen LogP contribution in [0.25, 0.3) is 0 Å². The Kier molecular flexibility index (Phi) is 3.47. The van der Waals surface area contributed by atoms with Gasteiger partial charge in [0.15, 0.2) is 0 Å². The second-order valence-corrected chi connectivity index (χ2v) is 7.90. The van der Waals surface area contributed by atoms with Crippen molar-refractivity contribution < 1.29 is 9.18 Å². The smallest absolute Gasteiger partial charge is 0.254 e. The molecule has 4 fully saturated rings. The van der Waals surface area contributed by atoms with Crippen LogP contribution in [0, 0.1) is 29.0 Å². The van der Waals surface area contributed by atoms with Crippen LogP contribution in [0.2, 0.25) is 0 Å². The summed E-state index contributed by atoms with van der Waals surface area (Å²) < 4.78 is 13.6. The van der Waals surface area contributed by atoms with Gasteiger partial charge < -0.3 is 5.32 Å². The van der Waals surface area contributed by atoms with Crippen molar-refractivity contribution >= 4 is 5.91 Å². The fraction of sp³-hybridized carbons (Fsp3) is 0.632. The predicted octanol–water partition coefficient (Wildman–Crippen LogP) is 4.16. The fourth-order valence-electron chi connectivity index (χ4n) is 5.78. The molecule has 1 N–H and O–H groups in total. The molecule has 0 heterocycles. The summed E-state index contributed by atoms with van der Waals surface area (Å²) in [4.78, 5) is 12.1. The molecule has 4 aliphatic rings. The van der Waals surface area contributed by atoms with Crippen molar-refractivity contribution in [2.24, 2.45) is 23.2 Å². The lowest BCUT2D eigenvalue weighted by atomic mass is 9.49. The Morgan fingerprint density at radius 1 is 1.09 bits per heavy atom. The van der Waals surface area contributed by atoms with Crippen LogP contribution < -0.4 is 5.32 Å². The van der Waals surface area contributed by atoms with Crippen molar-refractivity contribution in [2.75, 3.05) is 6.54 Å². The molecule has 4 saturated carbocycles. The zero-order valence-electron chi connectivity index (χ0n) is 13.0. The molecule has 1 aromatic carbocycles. The van der Waals surface area contributed by atoms with Crippen LogP contribution in [0.15, 0.2) is 24.3 Å². The maximum Gasteiger partial charge on any atom is 0.254 e. The zero-order chi connectivity index (χ0) is 15.2. The molecule has 2 nitrogen and oxygen atoms in total. The monoisotopic (exact) mass is 301 g/mol. The van der Waals surface area contributed by atoms with E-state index >= 15 is 0 Å². The first-order valence-corrected chi connectivity index (χ1v) is 8.66. The van der Waals surface area contributed by atoms with Crippen LogP contribution in [-0.4, -0.2) is 12.5 Å². The van der Waals surface area contributed by atoms with Crippen LogP contribution in [0.5, 0.6) is 0 Å². The van der Waals surface area contributed by atoms with Crippen LogP contribution in [0.3, 0.4) is 0 Å². The second kappa shape index (κ2) is 5.36.